The van der Waals surface area contributed by atoms with Crippen LogP contribution in [0.15, 0.2) is 48.5 Å². The highest BCUT2D eigenvalue weighted by molar-refractivity contribution is 14.1. The molecule has 0 fully saturated rings. The highest BCUT2D eigenvalue weighted by atomic mass is 127. The number of methoxy groups -OCH3 is 1. The first-order chi connectivity index (χ1) is 10.6. The van der Waals surface area contributed by atoms with Crippen LogP contribution in [0.2, 0.25) is 0 Å². The summed E-state index contributed by atoms with van der Waals surface area (Å²) in [7, 11) is 1.32. The average molecular weight is 411 g/mol. The van der Waals surface area contributed by atoms with Crippen molar-refractivity contribution in [2.45, 2.75) is 6.61 Å². The molecule has 0 bridgehead atoms. The molecule has 0 radical (unpaired) electrons. The van der Waals surface area contributed by atoms with Gasteiger partial charge < -0.3 is 9.47 Å². The second-order valence-corrected chi connectivity index (χ2v) is 5.54. The molecule has 0 spiro atoms. The fourth-order valence-corrected chi connectivity index (χ4v) is 2.38. The van der Waals surface area contributed by atoms with Crippen LogP contribution < -0.4 is 5.32 Å². The van der Waals surface area contributed by atoms with E-state index in [1.807, 2.05) is 52.9 Å². The Bertz CT molecular complexity index is 673. The van der Waals surface area contributed by atoms with E-state index in [2.05, 4.69) is 10.1 Å². The summed E-state index contributed by atoms with van der Waals surface area (Å²) in [5, 5.41) is 2.64. The number of rotatable bonds is 4. The lowest BCUT2D eigenvalue weighted by Gasteiger charge is -2.09. The summed E-state index contributed by atoms with van der Waals surface area (Å²) < 4.78 is 10.5. The molecular formula is C16H14INO4. The number of amides is 1. The molecule has 0 aliphatic rings. The van der Waals surface area contributed by atoms with Crippen molar-refractivity contribution in [2.75, 3.05) is 12.4 Å². The van der Waals surface area contributed by atoms with Gasteiger partial charge in [0, 0.05) is 3.57 Å². The molecule has 0 saturated heterocycles. The molecule has 22 heavy (non-hydrogen) atoms. The van der Waals surface area contributed by atoms with E-state index in [0.29, 0.717) is 11.3 Å². The van der Waals surface area contributed by atoms with Crippen molar-refractivity contribution < 1.29 is 19.1 Å². The second kappa shape index (κ2) is 7.79. The van der Waals surface area contributed by atoms with E-state index in [1.54, 1.807) is 18.2 Å². The van der Waals surface area contributed by atoms with Crippen molar-refractivity contribution in [3.63, 3.8) is 0 Å². The summed E-state index contributed by atoms with van der Waals surface area (Å²) in [6, 6.07) is 14.3. The van der Waals surface area contributed by atoms with Gasteiger partial charge in [-0.15, -0.1) is 0 Å². The summed E-state index contributed by atoms with van der Waals surface area (Å²) in [6.45, 7) is 0.198. The van der Waals surface area contributed by atoms with Gasteiger partial charge in [-0.3, -0.25) is 5.32 Å². The van der Waals surface area contributed by atoms with Gasteiger partial charge in [0.05, 0.1) is 18.4 Å². The average Bonchev–Trinajstić information content (AvgIpc) is 2.55. The van der Waals surface area contributed by atoms with E-state index in [4.69, 9.17) is 4.74 Å². The zero-order valence-corrected chi connectivity index (χ0v) is 14.0. The topological polar surface area (TPSA) is 64.6 Å². The van der Waals surface area contributed by atoms with Gasteiger partial charge in [0.2, 0.25) is 0 Å². The molecular weight excluding hydrogens is 397 g/mol. The molecule has 0 aliphatic carbocycles. The van der Waals surface area contributed by atoms with E-state index < -0.39 is 12.1 Å². The van der Waals surface area contributed by atoms with Crippen molar-refractivity contribution >= 4 is 40.3 Å². The van der Waals surface area contributed by atoms with E-state index >= 15 is 0 Å². The van der Waals surface area contributed by atoms with E-state index in [0.717, 1.165) is 9.13 Å². The van der Waals surface area contributed by atoms with Crippen molar-refractivity contribution in [1.82, 2.24) is 0 Å². The fourth-order valence-electron chi connectivity index (χ4n) is 1.73. The van der Waals surface area contributed by atoms with Gasteiger partial charge >= 0.3 is 12.1 Å². The highest BCUT2D eigenvalue weighted by Crippen LogP contribution is 2.20. The molecule has 0 saturated carbocycles. The Labute approximate surface area is 141 Å². The van der Waals surface area contributed by atoms with E-state index in [9.17, 15) is 9.59 Å². The lowest BCUT2D eigenvalue weighted by Crippen LogP contribution is -2.14. The van der Waals surface area contributed by atoms with E-state index in [1.165, 1.54) is 7.11 Å². The van der Waals surface area contributed by atoms with Crippen molar-refractivity contribution in [3.8, 4) is 0 Å². The highest BCUT2D eigenvalue weighted by Gasteiger charge is 2.11. The molecule has 1 N–H and O–H groups in total. The Morgan fingerprint density at radius 3 is 2.50 bits per heavy atom. The minimum absolute atomic E-state index is 0.198. The van der Waals surface area contributed by atoms with Crippen molar-refractivity contribution in [2.24, 2.45) is 0 Å². The van der Waals surface area contributed by atoms with Gasteiger partial charge in [0.1, 0.15) is 6.61 Å². The standard InChI is InChI=1S/C16H14INO4/c1-21-15(19)12-7-8-14(13(17)9-12)18-16(20)22-10-11-5-3-2-4-6-11/h2-9H,10H2,1H3,(H,18,20). The first-order valence-electron chi connectivity index (χ1n) is 6.45. The molecule has 0 heterocycles. The third-order valence-corrected chi connectivity index (χ3v) is 3.73. The van der Waals surface area contributed by atoms with Crippen LogP contribution in [0.5, 0.6) is 0 Å². The Morgan fingerprint density at radius 2 is 1.86 bits per heavy atom. The van der Waals surface area contributed by atoms with Crippen LogP contribution in [0.1, 0.15) is 15.9 Å². The number of nitrogens with one attached hydrogen (secondary N) is 1. The van der Waals surface area contributed by atoms with Gasteiger partial charge in [0.25, 0.3) is 0 Å². The predicted octanol–water partition coefficient (Wildman–Crippen LogP) is 3.83. The monoisotopic (exact) mass is 411 g/mol. The minimum Gasteiger partial charge on any atom is -0.465 e. The Morgan fingerprint density at radius 1 is 1.14 bits per heavy atom. The molecule has 114 valence electrons. The van der Waals surface area contributed by atoms with Crippen molar-refractivity contribution in [3.05, 3.63) is 63.2 Å². The molecule has 2 aromatic carbocycles. The molecule has 5 nitrogen and oxygen atoms in total. The van der Waals surface area contributed by atoms with Gasteiger partial charge in [-0.25, -0.2) is 9.59 Å². The first-order valence-corrected chi connectivity index (χ1v) is 7.53. The van der Waals surface area contributed by atoms with Crippen molar-refractivity contribution in [1.29, 1.82) is 0 Å². The SMILES string of the molecule is COC(=O)c1ccc(NC(=O)OCc2ccccc2)c(I)c1. The van der Waals surface area contributed by atoms with Crippen LogP contribution in [-0.2, 0) is 16.1 Å². The minimum atomic E-state index is -0.549. The number of esters is 1. The summed E-state index contributed by atoms with van der Waals surface area (Å²) in [5.74, 6) is -0.420. The summed E-state index contributed by atoms with van der Waals surface area (Å²) in [6.07, 6.45) is -0.549. The molecule has 0 aliphatic heterocycles. The Kier molecular flexibility index (Phi) is 5.76. The van der Waals surface area contributed by atoms with Gasteiger partial charge in [-0.2, -0.15) is 0 Å². The number of ether oxygens (including phenoxy) is 2. The maximum absolute atomic E-state index is 11.8. The largest absolute Gasteiger partial charge is 0.465 e. The summed E-state index contributed by atoms with van der Waals surface area (Å²) in [5.41, 5.74) is 1.91. The fraction of sp³-hybridized carbons (Fsp3) is 0.125. The van der Waals surface area contributed by atoms with Gasteiger partial charge in [-0.1, -0.05) is 30.3 Å². The quantitative estimate of drug-likeness (QED) is 0.614. The maximum atomic E-state index is 11.8. The summed E-state index contributed by atoms with van der Waals surface area (Å²) >= 11 is 2.03. The third-order valence-electron chi connectivity index (χ3n) is 2.84. The third kappa shape index (κ3) is 4.45. The lowest BCUT2D eigenvalue weighted by molar-refractivity contribution is 0.0600. The van der Waals surface area contributed by atoms with Crippen LogP contribution in [0.4, 0.5) is 10.5 Å². The van der Waals surface area contributed by atoms with Crippen LogP contribution in [0, 0.1) is 3.57 Å². The summed E-state index contributed by atoms with van der Waals surface area (Å²) in [4.78, 5) is 23.2. The number of hydrogen-bond acceptors (Lipinski definition) is 4. The number of anilines is 1. The zero-order chi connectivity index (χ0) is 15.9. The van der Waals surface area contributed by atoms with Gasteiger partial charge in [0.15, 0.2) is 0 Å². The van der Waals surface area contributed by atoms with E-state index in [-0.39, 0.29) is 6.61 Å². The second-order valence-electron chi connectivity index (χ2n) is 4.37. The van der Waals surface area contributed by atoms with Crippen LogP contribution in [0.3, 0.4) is 0 Å². The van der Waals surface area contributed by atoms with Crippen LogP contribution in [-0.4, -0.2) is 19.2 Å². The maximum Gasteiger partial charge on any atom is 0.411 e. The number of carbonyl (C=O) groups is 2. The normalized spacial score (nSPS) is 9.91. The molecule has 1 amide bonds. The molecule has 6 heteroatoms. The lowest BCUT2D eigenvalue weighted by atomic mass is 10.2. The Hall–Kier alpha value is -2.09. The Balaban J connectivity index is 1.95. The predicted molar refractivity (Wildman–Crippen MR) is 90.7 cm³/mol. The first kappa shape index (κ1) is 16.3. The number of hydrogen-bond donors (Lipinski definition) is 1. The molecule has 2 rings (SSSR count). The number of halogens is 1. The molecule has 0 aromatic heterocycles. The number of carbonyl (C=O) groups excluding carboxylic acids is 2. The molecule has 0 atom stereocenters. The molecule has 2 aromatic rings. The van der Waals surface area contributed by atoms with Crippen LogP contribution in [0.25, 0.3) is 0 Å². The molecule has 0 unspecified atom stereocenters. The number of benzene rings is 2. The van der Waals surface area contributed by atoms with Crippen LogP contribution >= 0.6 is 22.6 Å². The zero-order valence-electron chi connectivity index (χ0n) is 11.8. The smallest absolute Gasteiger partial charge is 0.411 e. The van der Waals surface area contributed by atoms with Gasteiger partial charge in [-0.05, 0) is 46.4 Å².